The van der Waals surface area contributed by atoms with Crippen LogP contribution in [-0.4, -0.2) is 52.8 Å². The number of amides is 2. The minimum absolute atomic E-state index is 0.00535. The number of nitrogens with zero attached hydrogens (tertiary/aromatic N) is 2. The number of aryl methyl sites for hydroxylation is 2. The molecule has 9 nitrogen and oxygen atoms in total. The summed E-state index contributed by atoms with van der Waals surface area (Å²) in [5, 5.41) is 10.4. The van der Waals surface area contributed by atoms with Crippen LogP contribution in [-0.2, 0) is 16.0 Å². The molecule has 4 rings (SSSR count). The zero-order chi connectivity index (χ0) is 29.2. The number of hydrogen-bond acceptors (Lipinski definition) is 7. The Bertz CT molecular complexity index is 1380. The van der Waals surface area contributed by atoms with E-state index in [4.69, 9.17) is 26.6 Å². The van der Waals surface area contributed by atoms with Gasteiger partial charge in [-0.25, -0.2) is 9.18 Å². The van der Waals surface area contributed by atoms with Crippen molar-refractivity contribution in [3.63, 3.8) is 0 Å². The van der Waals surface area contributed by atoms with Gasteiger partial charge in [0.15, 0.2) is 0 Å². The van der Waals surface area contributed by atoms with Gasteiger partial charge in [0.1, 0.15) is 17.2 Å². The summed E-state index contributed by atoms with van der Waals surface area (Å²) in [5.41, 5.74) is 9.74. The predicted octanol–water partition coefficient (Wildman–Crippen LogP) is 5.68. The lowest BCUT2D eigenvalue weighted by molar-refractivity contribution is -0.117. The topological polar surface area (TPSA) is 123 Å². The quantitative estimate of drug-likeness (QED) is 0.333. The third kappa shape index (κ3) is 7.11. The van der Waals surface area contributed by atoms with Crippen molar-refractivity contribution in [3.05, 3.63) is 64.3 Å². The average molecular weight is 572 g/mol. The first kappa shape index (κ1) is 29.4. The van der Waals surface area contributed by atoms with Crippen LogP contribution < -0.4 is 16.4 Å². The van der Waals surface area contributed by atoms with Crippen LogP contribution in [0.15, 0.2) is 40.9 Å². The van der Waals surface area contributed by atoms with Gasteiger partial charge in [-0.2, -0.15) is 0 Å². The SMILES string of the molecule is Cc1noc(C)c1-c1ccc(N[C@H]2CCN(C(=O)OC(C)(C)C)C2)c(NC(=O)[C@@H](N)Cc2ccc(Cl)c(F)c2)c1. The number of carbonyl (C=O) groups is 2. The van der Waals surface area contributed by atoms with E-state index >= 15 is 0 Å². The molecule has 0 spiro atoms. The van der Waals surface area contributed by atoms with E-state index < -0.39 is 23.4 Å². The molecule has 2 atom stereocenters. The Morgan fingerprint density at radius 2 is 1.98 bits per heavy atom. The van der Waals surface area contributed by atoms with E-state index in [1.807, 2.05) is 52.8 Å². The van der Waals surface area contributed by atoms with Gasteiger partial charge >= 0.3 is 6.09 Å². The van der Waals surface area contributed by atoms with Gasteiger partial charge < -0.3 is 30.5 Å². The normalized spacial score (nSPS) is 16.1. The lowest BCUT2D eigenvalue weighted by atomic mass is 10.0. The van der Waals surface area contributed by atoms with E-state index in [9.17, 15) is 14.0 Å². The number of ether oxygens (including phenoxy) is 1. The average Bonchev–Trinajstić information content (AvgIpc) is 3.47. The van der Waals surface area contributed by atoms with Crippen molar-refractivity contribution >= 4 is 35.0 Å². The summed E-state index contributed by atoms with van der Waals surface area (Å²) in [6, 6.07) is 8.98. The molecule has 40 heavy (non-hydrogen) atoms. The predicted molar refractivity (Wildman–Crippen MR) is 153 cm³/mol. The van der Waals surface area contributed by atoms with E-state index in [1.54, 1.807) is 11.0 Å². The number of hydrogen-bond donors (Lipinski definition) is 3. The molecular formula is C29H35ClFN5O4. The Balaban J connectivity index is 1.54. The smallest absolute Gasteiger partial charge is 0.410 e. The highest BCUT2D eigenvalue weighted by Gasteiger charge is 2.30. The number of benzene rings is 2. The molecule has 1 fully saturated rings. The maximum atomic E-state index is 13.9. The first-order valence-electron chi connectivity index (χ1n) is 13.1. The van der Waals surface area contributed by atoms with E-state index in [1.165, 1.54) is 12.1 Å². The standard InChI is InChI=1S/C29H35ClFN5O4/c1-16-26(17(2)40-35-16)19-7-9-24(33-20-10-11-36(15-20)28(38)39-29(3,4)5)25(14-19)34-27(37)23(32)13-18-6-8-21(30)22(31)12-18/h6-9,12,14,20,23,33H,10-11,13,15,32H2,1-5H3,(H,34,37)/t20-,23-/m0/s1. The number of nitrogens with one attached hydrogen (secondary N) is 2. The molecule has 0 aliphatic carbocycles. The summed E-state index contributed by atoms with van der Waals surface area (Å²) in [6.07, 6.45) is 0.475. The molecule has 0 unspecified atom stereocenters. The van der Waals surface area contributed by atoms with Crippen molar-refractivity contribution in [2.75, 3.05) is 23.7 Å². The second-order valence-corrected chi connectivity index (χ2v) is 11.5. The van der Waals surface area contributed by atoms with Crippen molar-refractivity contribution in [1.29, 1.82) is 0 Å². The fraction of sp³-hybridized carbons (Fsp3) is 0.414. The number of aromatic nitrogens is 1. The summed E-state index contributed by atoms with van der Waals surface area (Å²) in [6.45, 7) is 10.2. The number of rotatable bonds is 7. The highest BCUT2D eigenvalue weighted by Crippen LogP contribution is 2.34. The summed E-state index contributed by atoms with van der Waals surface area (Å²) in [4.78, 5) is 27.4. The van der Waals surface area contributed by atoms with E-state index in [2.05, 4.69) is 15.8 Å². The molecule has 4 N–H and O–H groups in total. The molecule has 1 saturated heterocycles. The van der Waals surface area contributed by atoms with Gasteiger partial charge in [0, 0.05) is 24.7 Å². The molecule has 214 valence electrons. The number of likely N-dealkylation sites (tertiary alicyclic amines) is 1. The zero-order valence-corrected chi connectivity index (χ0v) is 24.1. The first-order chi connectivity index (χ1) is 18.8. The fourth-order valence-corrected chi connectivity index (χ4v) is 4.77. The van der Waals surface area contributed by atoms with Gasteiger partial charge in [-0.15, -0.1) is 0 Å². The van der Waals surface area contributed by atoms with Crippen LogP contribution in [0.1, 0.15) is 44.2 Å². The molecule has 2 aromatic carbocycles. The van der Waals surface area contributed by atoms with Crippen molar-refractivity contribution in [2.24, 2.45) is 5.73 Å². The van der Waals surface area contributed by atoms with Crippen LogP contribution in [0.5, 0.6) is 0 Å². The molecule has 2 heterocycles. The van der Waals surface area contributed by atoms with Gasteiger partial charge in [0.05, 0.1) is 28.1 Å². The van der Waals surface area contributed by atoms with Crippen LogP contribution in [0, 0.1) is 19.7 Å². The van der Waals surface area contributed by atoms with Gasteiger partial charge in [0.25, 0.3) is 0 Å². The molecular weight excluding hydrogens is 537 g/mol. The summed E-state index contributed by atoms with van der Waals surface area (Å²) >= 11 is 5.78. The highest BCUT2D eigenvalue weighted by molar-refractivity contribution is 6.30. The monoisotopic (exact) mass is 571 g/mol. The van der Waals surface area contributed by atoms with Crippen LogP contribution in [0.25, 0.3) is 11.1 Å². The molecule has 1 aromatic heterocycles. The molecule has 0 saturated carbocycles. The van der Waals surface area contributed by atoms with E-state index in [0.29, 0.717) is 42.2 Å². The van der Waals surface area contributed by atoms with Crippen LogP contribution in [0.2, 0.25) is 5.02 Å². The molecule has 0 bridgehead atoms. The zero-order valence-electron chi connectivity index (χ0n) is 23.3. The number of halogens is 2. The Kier molecular flexibility index (Phi) is 8.70. The Morgan fingerprint density at radius 1 is 1.23 bits per heavy atom. The third-order valence-electron chi connectivity index (χ3n) is 6.58. The molecule has 3 aromatic rings. The van der Waals surface area contributed by atoms with Crippen molar-refractivity contribution in [1.82, 2.24) is 10.1 Å². The van der Waals surface area contributed by atoms with Gasteiger partial charge in [0.2, 0.25) is 5.91 Å². The van der Waals surface area contributed by atoms with E-state index in [0.717, 1.165) is 16.8 Å². The van der Waals surface area contributed by atoms with Crippen LogP contribution in [0.4, 0.5) is 20.6 Å². The maximum Gasteiger partial charge on any atom is 0.410 e. The van der Waals surface area contributed by atoms with Gasteiger partial charge in [-0.1, -0.05) is 28.9 Å². The number of anilines is 2. The Morgan fingerprint density at radius 3 is 2.62 bits per heavy atom. The van der Waals surface area contributed by atoms with Crippen LogP contribution in [0.3, 0.4) is 0 Å². The second-order valence-electron chi connectivity index (χ2n) is 11.1. The maximum absolute atomic E-state index is 13.9. The number of carbonyl (C=O) groups excluding carboxylic acids is 2. The summed E-state index contributed by atoms with van der Waals surface area (Å²) in [7, 11) is 0. The van der Waals surface area contributed by atoms with Crippen LogP contribution >= 0.6 is 11.6 Å². The molecule has 0 radical (unpaired) electrons. The van der Waals surface area contributed by atoms with E-state index in [-0.39, 0.29) is 23.6 Å². The second kappa shape index (κ2) is 11.9. The molecule has 1 aliphatic heterocycles. The summed E-state index contributed by atoms with van der Waals surface area (Å²) < 4.78 is 24.7. The van der Waals surface area contributed by atoms with Crippen molar-refractivity contribution in [2.45, 2.75) is 65.1 Å². The Hall–Kier alpha value is -3.63. The van der Waals surface area contributed by atoms with Crippen molar-refractivity contribution in [3.8, 4) is 11.1 Å². The van der Waals surface area contributed by atoms with Crippen molar-refractivity contribution < 1.29 is 23.2 Å². The third-order valence-corrected chi connectivity index (χ3v) is 6.88. The fourth-order valence-electron chi connectivity index (χ4n) is 4.65. The first-order valence-corrected chi connectivity index (χ1v) is 13.5. The lowest BCUT2D eigenvalue weighted by Gasteiger charge is -2.25. The highest BCUT2D eigenvalue weighted by atomic mass is 35.5. The lowest BCUT2D eigenvalue weighted by Crippen LogP contribution is -2.38. The Labute approximate surface area is 238 Å². The molecule has 11 heteroatoms. The molecule has 1 aliphatic rings. The largest absolute Gasteiger partial charge is 0.444 e. The number of nitrogens with two attached hydrogens (primary N) is 1. The van der Waals surface area contributed by atoms with Gasteiger partial charge in [-0.3, -0.25) is 4.79 Å². The molecule has 2 amide bonds. The summed E-state index contributed by atoms with van der Waals surface area (Å²) in [5.74, 6) is -0.348. The van der Waals surface area contributed by atoms with Gasteiger partial charge in [-0.05, 0) is 82.9 Å². The minimum atomic E-state index is -0.940. The minimum Gasteiger partial charge on any atom is -0.444 e.